The van der Waals surface area contributed by atoms with Gasteiger partial charge >= 0.3 is 6.36 Å². The number of halogens is 3. The normalized spacial score (nSPS) is 11.4. The zero-order chi connectivity index (χ0) is 14.6. The molecule has 0 aliphatic heterocycles. The van der Waals surface area contributed by atoms with Crippen LogP contribution in [0.15, 0.2) is 41.0 Å². The molecule has 0 aliphatic carbocycles. The van der Waals surface area contributed by atoms with Crippen molar-refractivity contribution in [2.75, 3.05) is 0 Å². The third-order valence-corrected chi connectivity index (χ3v) is 2.48. The molecule has 0 aliphatic rings. The van der Waals surface area contributed by atoms with Gasteiger partial charge in [0.15, 0.2) is 0 Å². The second-order valence-electron chi connectivity index (χ2n) is 3.88. The van der Waals surface area contributed by atoms with Crippen LogP contribution in [-0.4, -0.2) is 6.36 Å². The molecule has 1 aromatic heterocycles. The standard InChI is InChI=1S/C13H12F3NO3/c14-13(15,16)20-11-3-1-10(2-4-11)19-8-12-9(7-17)5-6-18-12/h1-6H,7-8,17H2. The molecule has 0 fully saturated rings. The quantitative estimate of drug-likeness (QED) is 0.917. The Morgan fingerprint density at radius 1 is 1.05 bits per heavy atom. The first-order chi connectivity index (χ1) is 9.48. The van der Waals surface area contributed by atoms with Crippen LogP contribution in [0, 0.1) is 0 Å². The smallest absolute Gasteiger partial charge is 0.486 e. The maximum Gasteiger partial charge on any atom is 0.573 e. The van der Waals surface area contributed by atoms with E-state index in [-0.39, 0.29) is 12.4 Å². The monoisotopic (exact) mass is 287 g/mol. The lowest BCUT2D eigenvalue weighted by Gasteiger charge is -2.10. The number of rotatable bonds is 5. The van der Waals surface area contributed by atoms with Crippen LogP contribution in [0.3, 0.4) is 0 Å². The predicted octanol–water partition coefficient (Wildman–Crippen LogP) is 3.22. The van der Waals surface area contributed by atoms with Crippen molar-refractivity contribution in [1.82, 2.24) is 0 Å². The Hall–Kier alpha value is -2.15. The van der Waals surface area contributed by atoms with E-state index in [2.05, 4.69) is 4.74 Å². The van der Waals surface area contributed by atoms with E-state index in [4.69, 9.17) is 14.9 Å². The Morgan fingerprint density at radius 2 is 1.70 bits per heavy atom. The molecule has 0 saturated carbocycles. The van der Waals surface area contributed by atoms with E-state index in [1.807, 2.05) is 0 Å². The summed E-state index contributed by atoms with van der Waals surface area (Å²) in [7, 11) is 0. The van der Waals surface area contributed by atoms with Gasteiger partial charge in [-0.3, -0.25) is 0 Å². The fraction of sp³-hybridized carbons (Fsp3) is 0.231. The van der Waals surface area contributed by atoms with Crippen molar-refractivity contribution in [3.05, 3.63) is 47.9 Å². The molecule has 0 spiro atoms. The van der Waals surface area contributed by atoms with Gasteiger partial charge in [-0.15, -0.1) is 13.2 Å². The molecule has 2 aromatic rings. The highest BCUT2D eigenvalue weighted by Crippen LogP contribution is 2.25. The van der Waals surface area contributed by atoms with E-state index in [0.717, 1.165) is 5.56 Å². The zero-order valence-electron chi connectivity index (χ0n) is 10.3. The molecule has 1 aromatic carbocycles. The second-order valence-corrected chi connectivity index (χ2v) is 3.88. The summed E-state index contributed by atoms with van der Waals surface area (Å²) >= 11 is 0. The lowest BCUT2D eigenvalue weighted by atomic mass is 10.2. The van der Waals surface area contributed by atoms with Crippen LogP contribution in [0.2, 0.25) is 0 Å². The predicted molar refractivity (Wildman–Crippen MR) is 64.1 cm³/mol. The average molecular weight is 287 g/mol. The van der Waals surface area contributed by atoms with Gasteiger partial charge in [0.25, 0.3) is 0 Å². The molecule has 0 atom stereocenters. The molecular formula is C13H12F3NO3. The second kappa shape index (κ2) is 5.87. The van der Waals surface area contributed by atoms with Crippen LogP contribution >= 0.6 is 0 Å². The Balaban J connectivity index is 1.94. The highest BCUT2D eigenvalue weighted by Gasteiger charge is 2.30. The molecule has 0 saturated heterocycles. The van der Waals surface area contributed by atoms with Crippen molar-refractivity contribution in [1.29, 1.82) is 0 Å². The topological polar surface area (TPSA) is 57.6 Å². The lowest BCUT2D eigenvalue weighted by molar-refractivity contribution is -0.274. The summed E-state index contributed by atoms with van der Waals surface area (Å²) in [5.74, 6) is 0.688. The highest BCUT2D eigenvalue weighted by atomic mass is 19.4. The molecule has 108 valence electrons. The summed E-state index contributed by atoms with van der Waals surface area (Å²) in [6, 6.07) is 6.85. The van der Waals surface area contributed by atoms with Gasteiger partial charge in [0.05, 0.1) is 6.26 Å². The first-order valence-electron chi connectivity index (χ1n) is 5.72. The number of furan rings is 1. The maximum absolute atomic E-state index is 12.0. The van der Waals surface area contributed by atoms with Gasteiger partial charge < -0.3 is 19.6 Å². The van der Waals surface area contributed by atoms with Gasteiger partial charge in [-0.2, -0.15) is 0 Å². The van der Waals surface area contributed by atoms with Gasteiger partial charge in [-0.05, 0) is 30.3 Å². The maximum atomic E-state index is 12.0. The largest absolute Gasteiger partial charge is 0.573 e. The number of nitrogens with two attached hydrogens (primary N) is 1. The van der Waals surface area contributed by atoms with E-state index < -0.39 is 6.36 Å². The van der Waals surface area contributed by atoms with Crippen molar-refractivity contribution < 1.29 is 27.1 Å². The Labute approximate surface area is 112 Å². The Morgan fingerprint density at radius 3 is 2.30 bits per heavy atom. The van der Waals surface area contributed by atoms with Gasteiger partial charge in [-0.1, -0.05) is 0 Å². The molecule has 4 nitrogen and oxygen atoms in total. The van der Waals surface area contributed by atoms with Gasteiger partial charge in [-0.25, -0.2) is 0 Å². The third-order valence-electron chi connectivity index (χ3n) is 2.48. The van der Waals surface area contributed by atoms with Crippen LogP contribution in [0.5, 0.6) is 11.5 Å². The summed E-state index contributed by atoms with van der Waals surface area (Å²) in [5, 5.41) is 0. The molecule has 0 bridgehead atoms. The van der Waals surface area contributed by atoms with Crippen molar-refractivity contribution in [2.45, 2.75) is 19.5 Å². The molecule has 0 amide bonds. The molecule has 0 radical (unpaired) electrons. The molecule has 2 rings (SSSR count). The van der Waals surface area contributed by atoms with E-state index >= 15 is 0 Å². The highest BCUT2D eigenvalue weighted by molar-refractivity contribution is 5.31. The zero-order valence-corrected chi connectivity index (χ0v) is 10.3. The number of ether oxygens (including phenoxy) is 2. The fourth-order valence-electron chi connectivity index (χ4n) is 1.56. The molecular weight excluding hydrogens is 275 g/mol. The Kier molecular flexibility index (Phi) is 4.19. The van der Waals surface area contributed by atoms with Crippen LogP contribution in [0.4, 0.5) is 13.2 Å². The van der Waals surface area contributed by atoms with Gasteiger partial charge in [0.2, 0.25) is 0 Å². The Bertz CT molecular complexity index is 549. The van der Waals surface area contributed by atoms with Crippen LogP contribution in [-0.2, 0) is 13.2 Å². The van der Waals surface area contributed by atoms with Crippen molar-refractivity contribution in [2.24, 2.45) is 5.73 Å². The van der Waals surface area contributed by atoms with Crippen LogP contribution in [0.25, 0.3) is 0 Å². The minimum Gasteiger partial charge on any atom is -0.486 e. The van der Waals surface area contributed by atoms with Crippen LogP contribution < -0.4 is 15.2 Å². The first-order valence-corrected chi connectivity index (χ1v) is 5.72. The van der Waals surface area contributed by atoms with Crippen LogP contribution in [0.1, 0.15) is 11.3 Å². The van der Waals surface area contributed by atoms with E-state index in [0.29, 0.717) is 18.1 Å². The molecule has 0 unspecified atom stereocenters. The molecule has 20 heavy (non-hydrogen) atoms. The summed E-state index contributed by atoms with van der Waals surface area (Å²) in [6.45, 7) is 0.479. The van der Waals surface area contributed by atoms with E-state index in [1.165, 1.54) is 30.5 Å². The minimum atomic E-state index is -4.70. The molecule has 2 N–H and O–H groups in total. The van der Waals surface area contributed by atoms with Crippen molar-refractivity contribution in [3.63, 3.8) is 0 Å². The summed E-state index contributed by atoms with van der Waals surface area (Å²) in [5.41, 5.74) is 6.33. The molecule has 7 heteroatoms. The van der Waals surface area contributed by atoms with E-state index in [1.54, 1.807) is 6.07 Å². The van der Waals surface area contributed by atoms with Crippen molar-refractivity contribution >= 4 is 0 Å². The minimum absolute atomic E-state index is 0.152. The number of alkyl halides is 3. The molecule has 1 heterocycles. The van der Waals surface area contributed by atoms with Crippen molar-refractivity contribution in [3.8, 4) is 11.5 Å². The average Bonchev–Trinajstić information content (AvgIpc) is 2.83. The third kappa shape index (κ3) is 3.92. The fourth-order valence-corrected chi connectivity index (χ4v) is 1.56. The summed E-state index contributed by atoms with van der Waals surface area (Å²) < 4.78 is 50.3. The SMILES string of the molecule is NCc1ccoc1COc1ccc(OC(F)(F)F)cc1. The summed E-state index contributed by atoms with van der Waals surface area (Å²) in [4.78, 5) is 0. The number of benzene rings is 1. The number of hydrogen-bond acceptors (Lipinski definition) is 4. The number of hydrogen-bond donors (Lipinski definition) is 1. The summed E-state index contributed by atoms with van der Waals surface area (Å²) in [6.07, 6.45) is -3.20. The lowest BCUT2D eigenvalue weighted by Crippen LogP contribution is -2.16. The van der Waals surface area contributed by atoms with Gasteiger partial charge in [0.1, 0.15) is 23.9 Å². The first kappa shape index (κ1) is 14.3. The van der Waals surface area contributed by atoms with E-state index in [9.17, 15) is 13.2 Å². The van der Waals surface area contributed by atoms with Gasteiger partial charge in [0, 0.05) is 12.1 Å².